The Morgan fingerprint density at radius 3 is 2.58 bits per heavy atom. The van der Waals surface area contributed by atoms with Crippen molar-refractivity contribution in [2.45, 2.75) is 19.0 Å². The molecule has 0 aliphatic heterocycles. The van der Waals surface area contributed by atoms with Gasteiger partial charge in [0.25, 0.3) is 6.33 Å². The maximum Gasteiger partial charge on any atom is 0.333 e. The van der Waals surface area contributed by atoms with Gasteiger partial charge in [0.15, 0.2) is 11.0 Å². The molecule has 196 valence electrons. The summed E-state index contributed by atoms with van der Waals surface area (Å²) in [5.41, 5.74) is 2.11. The van der Waals surface area contributed by atoms with E-state index in [1.54, 1.807) is 36.2 Å². The van der Waals surface area contributed by atoms with E-state index in [4.69, 9.17) is 27.9 Å². The zero-order valence-electron chi connectivity index (χ0n) is 19.6. The molecule has 0 saturated heterocycles. The third kappa shape index (κ3) is 4.87. The summed E-state index contributed by atoms with van der Waals surface area (Å²) >= 11 is 12.2. The lowest BCUT2D eigenvalue weighted by Gasteiger charge is -2.17. The summed E-state index contributed by atoms with van der Waals surface area (Å²) in [6, 6.07) is 6.09. The van der Waals surface area contributed by atoms with Crippen molar-refractivity contribution in [1.82, 2.24) is 40.1 Å². The first-order chi connectivity index (χ1) is 18.4. The Balaban J connectivity index is 1.52. The molecule has 0 amide bonds. The molecule has 0 aliphatic rings. The molecule has 10 nitrogen and oxygen atoms in total. The van der Waals surface area contributed by atoms with Crippen molar-refractivity contribution < 1.29 is 22.6 Å². The summed E-state index contributed by atoms with van der Waals surface area (Å²) < 4.78 is 50.8. The second-order valence-corrected chi connectivity index (χ2v) is 8.91. The number of pyridine rings is 1. The molecule has 4 heterocycles. The van der Waals surface area contributed by atoms with Crippen molar-refractivity contribution in [1.29, 1.82) is 0 Å². The minimum absolute atomic E-state index is 0.0513. The van der Waals surface area contributed by atoms with Crippen molar-refractivity contribution in [3.8, 4) is 28.1 Å². The number of hydrogen-bond donors (Lipinski definition) is 1. The predicted molar refractivity (Wildman–Crippen MR) is 130 cm³/mol. The lowest BCUT2D eigenvalue weighted by Crippen LogP contribution is -2.33. The third-order valence-corrected chi connectivity index (χ3v) is 6.42. The topological polar surface area (TPSA) is 103 Å². The average molecular weight is 565 g/mol. The number of nitrogens with one attached hydrogen (secondary N) is 1. The predicted octanol–water partition coefficient (Wildman–Crippen LogP) is 4.67. The van der Waals surface area contributed by atoms with Gasteiger partial charge >= 0.3 is 6.55 Å². The van der Waals surface area contributed by atoms with Crippen LogP contribution < -0.4 is 4.68 Å². The summed E-state index contributed by atoms with van der Waals surface area (Å²) in [6.45, 7) is -2.50. The fourth-order valence-corrected chi connectivity index (χ4v) is 4.49. The normalized spacial score (nSPS) is 12.4. The zero-order chi connectivity index (χ0) is 26.8. The lowest BCUT2D eigenvalue weighted by molar-refractivity contribution is -0.659. The first-order valence-electron chi connectivity index (χ1n) is 11.2. The minimum atomic E-state index is -2.87. The molecule has 15 heteroatoms. The third-order valence-electron chi connectivity index (χ3n) is 5.85. The van der Waals surface area contributed by atoms with Crippen LogP contribution in [0.3, 0.4) is 0 Å². The quantitative estimate of drug-likeness (QED) is 0.261. The highest BCUT2D eigenvalue weighted by Gasteiger charge is 2.24. The molecule has 0 aliphatic carbocycles. The van der Waals surface area contributed by atoms with Crippen LogP contribution in [0.15, 0.2) is 55.4 Å². The zero-order valence-corrected chi connectivity index (χ0v) is 21.2. The Kier molecular flexibility index (Phi) is 7.40. The molecule has 5 rings (SSSR count). The molecule has 0 spiro atoms. The number of hydrogen-bond acceptors (Lipinski definition) is 6. The first-order valence-corrected chi connectivity index (χ1v) is 11.9. The molecule has 0 bridgehead atoms. The molecular formula is C23H19Cl2F3N9O+. The number of nitrogens with zero attached hydrogens (tertiary/aromatic N) is 8. The van der Waals surface area contributed by atoms with Gasteiger partial charge in [-0.15, -0.1) is 4.68 Å². The fourth-order valence-electron chi connectivity index (χ4n) is 4.09. The van der Waals surface area contributed by atoms with Gasteiger partial charge in [0.05, 0.1) is 45.4 Å². The number of methoxy groups -OCH3 is 1. The number of halogens is 5. The largest absolute Gasteiger partial charge is 0.385 e. The molecule has 0 radical (unpaired) electrons. The van der Waals surface area contributed by atoms with Gasteiger partial charge in [-0.25, -0.2) is 9.07 Å². The van der Waals surface area contributed by atoms with E-state index in [1.165, 1.54) is 29.5 Å². The second-order valence-electron chi connectivity index (χ2n) is 8.10. The Morgan fingerprint density at radius 1 is 1.05 bits per heavy atom. The SMILES string of the molecule is COCC[C@H](c1ccc(-c2c(-[n+]3cnn[nH]3)ccc(Cl)c2F)cn1)n1cc(-c2c(Cl)cnn2C(F)F)cn1. The lowest BCUT2D eigenvalue weighted by atomic mass is 10.0. The van der Waals surface area contributed by atoms with E-state index in [1.807, 2.05) is 0 Å². The maximum absolute atomic E-state index is 15.2. The van der Waals surface area contributed by atoms with Crippen molar-refractivity contribution in [2.24, 2.45) is 0 Å². The monoisotopic (exact) mass is 564 g/mol. The minimum Gasteiger partial charge on any atom is -0.385 e. The van der Waals surface area contributed by atoms with E-state index in [2.05, 4.69) is 30.7 Å². The Labute approximate surface area is 223 Å². The molecule has 0 unspecified atom stereocenters. The number of rotatable bonds is 9. The number of benzene rings is 1. The van der Waals surface area contributed by atoms with Gasteiger partial charge in [-0.3, -0.25) is 9.67 Å². The number of tetrazole rings is 1. The van der Waals surface area contributed by atoms with Crippen LogP contribution in [0, 0.1) is 5.82 Å². The summed E-state index contributed by atoms with van der Waals surface area (Å²) in [4.78, 5) is 4.57. The number of alkyl halides is 2. The Hall–Kier alpha value is -3.81. The average Bonchev–Trinajstić information content (AvgIpc) is 3.68. The summed E-state index contributed by atoms with van der Waals surface area (Å²) in [5, 5.41) is 18.1. The van der Waals surface area contributed by atoms with Crippen molar-refractivity contribution in [2.75, 3.05) is 13.7 Å². The summed E-state index contributed by atoms with van der Waals surface area (Å²) in [5.74, 6) is -0.624. The van der Waals surface area contributed by atoms with Crippen LogP contribution in [0.5, 0.6) is 0 Å². The molecule has 5 aromatic rings. The van der Waals surface area contributed by atoms with Crippen LogP contribution in [-0.4, -0.2) is 53.8 Å². The van der Waals surface area contributed by atoms with Crippen LogP contribution in [0.25, 0.3) is 28.1 Å². The van der Waals surface area contributed by atoms with Gasteiger partial charge in [-0.2, -0.15) is 19.0 Å². The number of aromatic nitrogens is 9. The second kappa shape index (κ2) is 10.9. The van der Waals surface area contributed by atoms with E-state index in [9.17, 15) is 8.78 Å². The summed E-state index contributed by atoms with van der Waals surface area (Å²) in [7, 11) is 1.56. The van der Waals surface area contributed by atoms with E-state index in [0.29, 0.717) is 40.2 Å². The molecule has 0 fully saturated rings. The smallest absolute Gasteiger partial charge is 0.333 e. The van der Waals surface area contributed by atoms with Gasteiger partial charge in [0.2, 0.25) is 0 Å². The maximum atomic E-state index is 15.2. The van der Waals surface area contributed by atoms with Gasteiger partial charge in [0, 0.05) is 37.2 Å². The molecular weight excluding hydrogens is 546 g/mol. The van der Waals surface area contributed by atoms with E-state index >= 15 is 4.39 Å². The highest BCUT2D eigenvalue weighted by molar-refractivity contribution is 6.33. The van der Waals surface area contributed by atoms with Crippen LogP contribution in [0.1, 0.15) is 24.7 Å². The van der Waals surface area contributed by atoms with E-state index in [-0.39, 0.29) is 21.3 Å². The fraction of sp³-hybridized carbons (Fsp3) is 0.217. The molecule has 4 aromatic heterocycles. The Morgan fingerprint density at radius 2 is 1.89 bits per heavy atom. The Bertz CT molecular complexity index is 1540. The number of H-pyrrole nitrogens is 1. The van der Waals surface area contributed by atoms with Gasteiger partial charge in [-0.1, -0.05) is 34.5 Å². The standard InChI is InChI=1S/C23H18Cl2F3N9O/c1-38-7-6-18(35-11-14(9-31-35)22-16(25)10-32-37(22)23(27)28)17-4-2-13(8-29-17)20-19(36-12-30-33-34-36)5-3-15(24)21(20)26/h2-5,8-12,18,23H,6-7H2,1H3/p+1/t18-/m1/s1. The molecule has 38 heavy (non-hydrogen) atoms. The van der Waals surface area contributed by atoms with Gasteiger partial charge in [0.1, 0.15) is 10.8 Å². The van der Waals surface area contributed by atoms with Gasteiger partial charge < -0.3 is 4.74 Å². The highest BCUT2D eigenvalue weighted by atomic mass is 35.5. The molecule has 0 saturated carbocycles. The van der Waals surface area contributed by atoms with Crippen molar-refractivity contribution in [3.05, 3.63) is 76.9 Å². The van der Waals surface area contributed by atoms with Gasteiger partial charge in [-0.05, 0) is 24.6 Å². The molecule has 1 N–H and O–H groups in total. The van der Waals surface area contributed by atoms with Crippen molar-refractivity contribution >= 4 is 23.2 Å². The number of ether oxygens (including phenoxy) is 1. The number of aromatic amines is 1. The highest BCUT2D eigenvalue weighted by Crippen LogP contribution is 2.34. The molecule has 1 aromatic carbocycles. The molecule has 1 atom stereocenters. The summed E-state index contributed by atoms with van der Waals surface area (Å²) in [6.07, 6.45) is 7.57. The van der Waals surface area contributed by atoms with Crippen LogP contribution in [0.4, 0.5) is 13.2 Å². The van der Waals surface area contributed by atoms with Crippen molar-refractivity contribution in [3.63, 3.8) is 0 Å². The van der Waals surface area contributed by atoms with Crippen LogP contribution in [-0.2, 0) is 4.74 Å². The van der Waals surface area contributed by atoms with E-state index < -0.39 is 18.4 Å². The van der Waals surface area contributed by atoms with E-state index in [0.717, 1.165) is 6.20 Å². The first kappa shape index (κ1) is 25.8. The van der Waals surface area contributed by atoms with Crippen LogP contribution in [0.2, 0.25) is 10.0 Å². The van der Waals surface area contributed by atoms with Crippen LogP contribution >= 0.6 is 23.2 Å².